The Morgan fingerprint density at radius 2 is 1.86 bits per heavy atom. The Bertz CT molecular complexity index is 1490. The molecular weight excluding hydrogens is 533 g/mol. The van der Waals surface area contributed by atoms with Crippen LogP contribution in [0.4, 0.5) is 5.69 Å². The van der Waals surface area contributed by atoms with E-state index in [1.165, 1.54) is 22.5 Å². The van der Waals surface area contributed by atoms with Gasteiger partial charge in [-0.25, -0.2) is 13.4 Å². The third kappa shape index (κ3) is 5.35. The normalized spacial score (nSPS) is 15.7. The molecule has 0 aliphatic carbocycles. The lowest BCUT2D eigenvalue weighted by atomic mass is 9.97. The summed E-state index contributed by atoms with van der Waals surface area (Å²) in [5.41, 5.74) is 2.75. The Kier molecular flexibility index (Phi) is 7.20. The van der Waals surface area contributed by atoms with Gasteiger partial charge in [0.2, 0.25) is 5.91 Å². The Hall–Kier alpha value is -3.01. The van der Waals surface area contributed by atoms with Crippen LogP contribution in [0.25, 0.3) is 11.0 Å². The van der Waals surface area contributed by atoms with Gasteiger partial charge >= 0.3 is 0 Å². The first-order valence-corrected chi connectivity index (χ1v) is 14.3. The summed E-state index contributed by atoms with van der Waals surface area (Å²) < 4.78 is 29.6. The van der Waals surface area contributed by atoms with Crippen LogP contribution in [-0.2, 0) is 21.2 Å². The fourth-order valence-corrected chi connectivity index (χ4v) is 7.09. The van der Waals surface area contributed by atoms with Gasteiger partial charge < -0.3 is 14.9 Å². The van der Waals surface area contributed by atoms with Crippen LogP contribution in [0.15, 0.2) is 66.1 Å². The summed E-state index contributed by atoms with van der Waals surface area (Å²) in [7, 11) is -4.24. The number of likely N-dealkylation sites (tertiary alicyclic amines) is 1. The molecule has 1 amide bonds. The van der Waals surface area contributed by atoms with Gasteiger partial charge in [-0.1, -0.05) is 36.2 Å². The van der Waals surface area contributed by atoms with Gasteiger partial charge in [-0.3, -0.25) is 9.10 Å². The number of aromatic nitrogens is 3. The Labute approximate surface area is 225 Å². The van der Waals surface area contributed by atoms with Crippen molar-refractivity contribution in [3.8, 4) is 0 Å². The number of sulfonamides is 1. The van der Waals surface area contributed by atoms with Crippen molar-refractivity contribution in [3.05, 3.63) is 76.8 Å². The van der Waals surface area contributed by atoms with Crippen molar-refractivity contribution in [2.24, 2.45) is 5.92 Å². The quantitative estimate of drug-likeness (QED) is 0.322. The molecule has 1 aliphatic heterocycles. The van der Waals surface area contributed by atoms with Gasteiger partial charge in [-0.05, 0) is 60.7 Å². The molecule has 1 aliphatic rings. The van der Waals surface area contributed by atoms with Crippen LogP contribution in [-0.4, -0.2) is 53.3 Å². The summed E-state index contributed by atoms with van der Waals surface area (Å²) >= 11 is 12.4. The first kappa shape index (κ1) is 25.6. The maximum absolute atomic E-state index is 14.2. The molecule has 0 saturated carbocycles. The topological polar surface area (TPSA) is 102 Å². The molecule has 0 radical (unpaired) electrons. The van der Waals surface area contributed by atoms with E-state index in [0.29, 0.717) is 24.7 Å². The number of nitrogens with zero attached hydrogens (tertiary/aromatic N) is 3. The maximum Gasteiger partial charge on any atom is 0.265 e. The Balaban J connectivity index is 1.62. The van der Waals surface area contributed by atoms with Crippen molar-refractivity contribution in [2.45, 2.75) is 37.1 Å². The minimum atomic E-state index is -4.24. The van der Waals surface area contributed by atoms with Crippen LogP contribution in [0.2, 0.25) is 10.0 Å². The summed E-state index contributed by atoms with van der Waals surface area (Å²) in [6.45, 7) is 3.33. The summed E-state index contributed by atoms with van der Waals surface area (Å²) in [5, 5.41) is 0.383. The van der Waals surface area contributed by atoms with E-state index in [4.69, 9.17) is 23.2 Å². The summed E-state index contributed by atoms with van der Waals surface area (Å²) in [5.74, 6) is 0.273. The molecule has 5 rings (SSSR count). The monoisotopic (exact) mass is 559 g/mol. The lowest BCUT2D eigenvalue weighted by molar-refractivity contribution is -0.133. The number of anilines is 1. The molecule has 0 bridgehead atoms. The molecule has 1 atom stereocenters. The number of aromatic amines is 2. The van der Waals surface area contributed by atoms with Crippen LogP contribution < -0.4 is 4.31 Å². The van der Waals surface area contributed by atoms with Gasteiger partial charge in [-0.15, -0.1) is 0 Å². The highest BCUT2D eigenvalue weighted by Crippen LogP contribution is 2.32. The molecule has 194 valence electrons. The van der Waals surface area contributed by atoms with E-state index in [0.717, 1.165) is 29.4 Å². The fourth-order valence-electron chi connectivity index (χ4n) is 4.77. The van der Waals surface area contributed by atoms with E-state index < -0.39 is 16.1 Å². The van der Waals surface area contributed by atoms with Crippen LogP contribution >= 0.6 is 23.2 Å². The van der Waals surface area contributed by atoms with Crippen LogP contribution in [0, 0.1) is 5.92 Å². The highest BCUT2D eigenvalue weighted by Gasteiger charge is 2.39. The number of carbonyl (C=O) groups is 1. The van der Waals surface area contributed by atoms with Gasteiger partial charge in [0, 0.05) is 41.9 Å². The smallest absolute Gasteiger partial charge is 0.265 e. The predicted molar refractivity (Wildman–Crippen MR) is 145 cm³/mol. The van der Waals surface area contributed by atoms with Gasteiger partial charge in [0.1, 0.15) is 6.04 Å². The average Bonchev–Trinajstić information content (AvgIpc) is 3.55. The summed E-state index contributed by atoms with van der Waals surface area (Å²) in [6, 6.07) is 10.4. The second-order valence-electron chi connectivity index (χ2n) is 9.46. The number of carbonyl (C=O) groups excluding carboxylic acids is 1. The Morgan fingerprint density at radius 3 is 2.54 bits per heavy atom. The van der Waals surface area contributed by atoms with Crippen molar-refractivity contribution < 1.29 is 13.2 Å². The highest BCUT2D eigenvalue weighted by molar-refractivity contribution is 7.93. The Morgan fingerprint density at radius 1 is 1.14 bits per heavy atom. The molecule has 11 heteroatoms. The van der Waals surface area contributed by atoms with E-state index in [1.54, 1.807) is 29.7 Å². The van der Waals surface area contributed by atoms with E-state index in [2.05, 4.69) is 21.9 Å². The van der Waals surface area contributed by atoms with Gasteiger partial charge in [0.05, 0.1) is 27.9 Å². The molecule has 2 N–H and O–H groups in total. The number of amides is 1. The molecule has 2 aromatic heterocycles. The van der Waals surface area contributed by atoms with Crippen molar-refractivity contribution in [3.63, 3.8) is 0 Å². The van der Waals surface area contributed by atoms with E-state index >= 15 is 0 Å². The minimum absolute atomic E-state index is 0.0842. The van der Waals surface area contributed by atoms with Gasteiger partial charge in [0.15, 0.2) is 0 Å². The zero-order valence-corrected chi connectivity index (χ0v) is 22.5. The lowest BCUT2D eigenvalue weighted by Gasteiger charge is -2.37. The van der Waals surface area contributed by atoms with Crippen LogP contribution in [0.1, 0.15) is 25.3 Å². The number of halogens is 2. The first-order chi connectivity index (χ1) is 17.7. The SMILES string of the molecule is CC1CCN(C(=O)C(Cc2ccc3[nH]cnc3c2)N(c2cc[nH]c2)S(=O)(=O)c2cc(Cl)cc(Cl)c2)CC1. The third-order valence-corrected chi connectivity index (χ3v) is 9.06. The number of benzene rings is 2. The molecular formula is C26H27Cl2N5O3S. The number of imidazole rings is 1. The van der Waals surface area contributed by atoms with Crippen molar-refractivity contribution in [1.82, 2.24) is 19.9 Å². The average molecular weight is 561 g/mol. The third-order valence-electron chi connectivity index (χ3n) is 6.81. The molecule has 3 heterocycles. The number of piperidine rings is 1. The number of nitrogens with one attached hydrogen (secondary N) is 2. The predicted octanol–water partition coefficient (Wildman–Crippen LogP) is 5.26. The van der Waals surface area contributed by atoms with Crippen molar-refractivity contribution in [1.29, 1.82) is 0 Å². The largest absolute Gasteiger partial charge is 0.366 e. The van der Waals surface area contributed by atoms with E-state index in [1.807, 2.05) is 18.2 Å². The first-order valence-electron chi connectivity index (χ1n) is 12.1. The minimum Gasteiger partial charge on any atom is -0.366 e. The van der Waals surface area contributed by atoms with Crippen molar-refractivity contribution in [2.75, 3.05) is 17.4 Å². The lowest BCUT2D eigenvalue weighted by Crippen LogP contribution is -2.53. The summed E-state index contributed by atoms with van der Waals surface area (Å²) in [6.07, 6.45) is 6.71. The maximum atomic E-state index is 14.2. The number of H-pyrrole nitrogens is 2. The molecule has 0 spiro atoms. The second-order valence-corrected chi connectivity index (χ2v) is 12.1. The van der Waals surface area contributed by atoms with Gasteiger partial charge in [-0.2, -0.15) is 0 Å². The highest BCUT2D eigenvalue weighted by atomic mass is 35.5. The van der Waals surface area contributed by atoms with E-state index in [9.17, 15) is 13.2 Å². The number of hydrogen-bond donors (Lipinski definition) is 2. The molecule has 37 heavy (non-hydrogen) atoms. The van der Waals surface area contributed by atoms with Crippen LogP contribution in [0.3, 0.4) is 0 Å². The molecule has 1 unspecified atom stereocenters. The zero-order valence-electron chi connectivity index (χ0n) is 20.2. The summed E-state index contributed by atoms with van der Waals surface area (Å²) in [4.78, 5) is 26.1. The van der Waals surface area contributed by atoms with E-state index in [-0.39, 0.29) is 27.3 Å². The number of rotatable bonds is 7. The molecule has 1 saturated heterocycles. The van der Waals surface area contributed by atoms with Crippen molar-refractivity contribution >= 4 is 55.9 Å². The number of fused-ring (bicyclic) bond motifs is 1. The second kappa shape index (κ2) is 10.4. The molecule has 4 aromatic rings. The van der Waals surface area contributed by atoms with Gasteiger partial charge in [0.25, 0.3) is 10.0 Å². The number of hydrogen-bond acceptors (Lipinski definition) is 4. The fraction of sp³-hybridized carbons (Fsp3) is 0.308. The van der Waals surface area contributed by atoms with Crippen LogP contribution in [0.5, 0.6) is 0 Å². The standard InChI is InChI=1S/C26H27Cl2N5O3S/c1-17-5-8-32(9-6-17)26(34)25(11-18-2-3-23-24(10-18)31-16-30-23)33(21-4-7-29-15-21)37(35,36)22-13-19(27)12-20(28)14-22/h2-4,7,10,12-17,25,29H,5-6,8-9,11H2,1H3,(H,30,31). The molecule has 2 aromatic carbocycles. The molecule has 8 nitrogen and oxygen atoms in total. The molecule has 1 fully saturated rings. The zero-order chi connectivity index (χ0) is 26.2.